The van der Waals surface area contributed by atoms with Gasteiger partial charge in [0.25, 0.3) is 0 Å². The van der Waals surface area contributed by atoms with E-state index < -0.39 is 6.04 Å². The van der Waals surface area contributed by atoms with E-state index in [1.807, 2.05) is 39.5 Å². The van der Waals surface area contributed by atoms with Crippen LogP contribution in [0.15, 0.2) is 0 Å². The molecule has 1 atom stereocenters. The number of piperazine rings is 1. The van der Waals surface area contributed by atoms with Crippen LogP contribution in [0.2, 0.25) is 0 Å². The van der Waals surface area contributed by atoms with Crippen LogP contribution >= 0.6 is 0 Å². The quantitative estimate of drug-likeness (QED) is 0.747. The minimum absolute atomic E-state index is 0.0350. The summed E-state index contributed by atoms with van der Waals surface area (Å²) in [5.41, 5.74) is -0.454. The molecule has 1 heterocycles. The summed E-state index contributed by atoms with van der Waals surface area (Å²) in [5.74, 6) is -0.403. The molecule has 0 spiro atoms. The van der Waals surface area contributed by atoms with Crippen molar-refractivity contribution in [3.05, 3.63) is 0 Å². The molecule has 104 valence electrons. The number of hydrogen-bond donors (Lipinski definition) is 1. The van der Waals surface area contributed by atoms with Gasteiger partial charge in [-0.25, -0.2) is 0 Å². The summed E-state index contributed by atoms with van der Waals surface area (Å²) < 4.78 is 4.64. The Hall–Kier alpha value is -1.10. The number of ether oxygens (including phenoxy) is 1. The largest absolute Gasteiger partial charge is 0.469 e. The predicted octanol–water partition coefficient (Wildman–Crippen LogP) is 0.927. The van der Waals surface area contributed by atoms with Crippen molar-refractivity contribution in [2.24, 2.45) is 0 Å². The highest BCUT2D eigenvalue weighted by atomic mass is 16.5. The Labute approximate surface area is 109 Å². The van der Waals surface area contributed by atoms with E-state index in [0.29, 0.717) is 6.54 Å². The molecule has 1 N–H and O–H groups in total. The highest BCUT2D eigenvalue weighted by molar-refractivity contribution is 5.88. The summed E-state index contributed by atoms with van der Waals surface area (Å²) in [6.45, 7) is 10.7. The zero-order chi connectivity index (χ0) is 14.1. The first-order valence-electron chi connectivity index (χ1n) is 6.23. The first-order chi connectivity index (χ1) is 8.07. The molecule has 5 heteroatoms. The number of carbonyl (C=O) groups excluding carboxylic acids is 2. The summed E-state index contributed by atoms with van der Waals surface area (Å²) in [7, 11) is 1.34. The maximum atomic E-state index is 12.4. The average molecular weight is 256 g/mol. The number of rotatable bonds is 2. The molecule has 0 aromatic rings. The molecule has 1 amide bonds. The van der Waals surface area contributed by atoms with Gasteiger partial charge < -0.3 is 9.64 Å². The third-order valence-electron chi connectivity index (χ3n) is 3.09. The molecule has 1 fully saturated rings. The predicted molar refractivity (Wildman–Crippen MR) is 69.1 cm³/mol. The van der Waals surface area contributed by atoms with E-state index >= 15 is 0 Å². The van der Waals surface area contributed by atoms with Gasteiger partial charge in [-0.05, 0) is 34.6 Å². The molecule has 1 unspecified atom stereocenters. The van der Waals surface area contributed by atoms with Crippen molar-refractivity contribution in [3.63, 3.8) is 0 Å². The Morgan fingerprint density at radius 3 is 2.50 bits per heavy atom. The molecule has 1 saturated heterocycles. The van der Waals surface area contributed by atoms with E-state index in [1.165, 1.54) is 7.11 Å². The van der Waals surface area contributed by atoms with Crippen molar-refractivity contribution in [2.75, 3.05) is 13.7 Å². The van der Waals surface area contributed by atoms with Crippen LogP contribution in [0.25, 0.3) is 0 Å². The maximum absolute atomic E-state index is 12.4. The highest BCUT2D eigenvalue weighted by Crippen LogP contribution is 2.24. The summed E-state index contributed by atoms with van der Waals surface area (Å²) >= 11 is 0. The first kappa shape index (κ1) is 15.0. The van der Waals surface area contributed by atoms with Crippen LogP contribution < -0.4 is 5.32 Å². The molecule has 0 saturated carbocycles. The number of amides is 1. The van der Waals surface area contributed by atoms with Gasteiger partial charge in [0.05, 0.1) is 19.6 Å². The fourth-order valence-electron chi connectivity index (χ4n) is 2.20. The molecule has 0 aliphatic carbocycles. The molecule has 18 heavy (non-hydrogen) atoms. The Morgan fingerprint density at radius 2 is 2.06 bits per heavy atom. The van der Waals surface area contributed by atoms with Crippen molar-refractivity contribution in [1.82, 2.24) is 10.2 Å². The van der Waals surface area contributed by atoms with Crippen LogP contribution in [0.1, 0.15) is 41.0 Å². The van der Waals surface area contributed by atoms with Crippen molar-refractivity contribution in [3.8, 4) is 0 Å². The Bertz CT molecular complexity index is 345. The van der Waals surface area contributed by atoms with Crippen molar-refractivity contribution in [2.45, 2.75) is 58.2 Å². The molecule has 0 bridgehead atoms. The van der Waals surface area contributed by atoms with Crippen molar-refractivity contribution < 1.29 is 14.3 Å². The third kappa shape index (κ3) is 3.45. The van der Waals surface area contributed by atoms with E-state index in [9.17, 15) is 9.59 Å². The molecule has 0 aromatic heterocycles. The molecule has 5 nitrogen and oxygen atoms in total. The average Bonchev–Trinajstić information content (AvgIpc) is 2.20. The number of hydrogen-bond acceptors (Lipinski definition) is 4. The Kier molecular flexibility index (Phi) is 4.05. The van der Waals surface area contributed by atoms with Crippen LogP contribution in [0.4, 0.5) is 0 Å². The lowest BCUT2D eigenvalue weighted by atomic mass is 9.92. The summed E-state index contributed by atoms with van der Waals surface area (Å²) in [4.78, 5) is 25.6. The minimum atomic E-state index is -0.500. The monoisotopic (exact) mass is 256 g/mol. The number of nitrogens with zero attached hydrogens (tertiary/aromatic N) is 1. The van der Waals surface area contributed by atoms with Gasteiger partial charge in [-0.15, -0.1) is 0 Å². The zero-order valence-corrected chi connectivity index (χ0v) is 12.2. The van der Waals surface area contributed by atoms with Crippen LogP contribution in [0, 0.1) is 0 Å². The SMILES string of the molecule is COC(=O)CC1NC(C)(C)CN(C(C)(C)C)C1=O. The Morgan fingerprint density at radius 1 is 1.50 bits per heavy atom. The lowest BCUT2D eigenvalue weighted by Gasteiger charge is -2.48. The number of methoxy groups -OCH3 is 1. The fraction of sp³-hybridized carbons (Fsp3) is 0.846. The second kappa shape index (κ2) is 4.88. The van der Waals surface area contributed by atoms with E-state index in [2.05, 4.69) is 10.1 Å². The minimum Gasteiger partial charge on any atom is -0.469 e. The van der Waals surface area contributed by atoms with Crippen LogP contribution in [-0.4, -0.2) is 47.6 Å². The molecule has 1 aliphatic rings. The van der Waals surface area contributed by atoms with Gasteiger partial charge >= 0.3 is 5.97 Å². The summed E-state index contributed by atoms with van der Waals surface area (Å²) in [6.07, 6.45) is 0.0747. The van der Waals surface area contributed by atoms with E-state index in [4.69, 9.17) is 0 Å². The van der Waals surface area contributed by atoms with Crippen molar-refractivity contribution >= 4 is 11.9 Å². The molecular weight excluding hydrogens is 232 g/mol. The second-order valence-electron chi connectivity index (χ2n) is 6.46. The van der Waals surface area contributed by atoms with E-state index in [-0.39, 0.29) is 29.4 Å². The normalized spacial score (nSPS) is 24.0. The topological polar surface area (TPSA) is 58.6 Å². The third-order valence-corrected chi connectivity index (χ3v) is 3.09. The van der Waals surface area contributed by atoms with Gasteiger partial charge in [0.2, 0.25) is 5.91 Å². The lowest BCUT2D eigenvalue weighted by Crippen LogP contribution is -2.68. The maximum Gasteiger partial charge on any atom is 0.307 e. The summed E-state index contributed by atoms with van der Waals surface area (Å²) in [6, 6.07) is -0.500. The smallest absolute Gasteiger partial charge is 0.307 e. The van der Waals surface area contributed by atoms with Gasteiger partial charge in [-0.2, -0.15) is 0 Å². The van der Waals surface area contributed by atoms with Gasteiger partial charge in [0, 0.05) is 17.6 Å². The van der Waals surface area contributed by atoms with Crippen LogP contribution in [0.5, 0.6) is 0 Å². The number of carbonyl (C=O) groups is 2. The Balaban J connectivity index is 2.92. The molecular formula is C13H24N2O3. The van der Waals surface area contributed by atoms with Gasteiger partial charge in [0.15, 0.2) is 0 Å². The summed E-state index contributed by atoms with van der Waals surface area (Å²) in [5, 5.41) is 3.22. The first-order valence-corrected chi connectivity index (χ1v) is 6.23. The highest BCUT2D eigenvalue weighted by Gasteiger charge is 2.42. The zero-order valence-electron chi connectivity index (χ0n) is 12.2. The molecule has 1 aliphatic heterocycles. The van der Waals surface area contributed by atoms with Crippen molar-refractivity contribution in [1.29, 1.82) is 0 Å². The lowest BCUT2D eigenvalue weighted by molar-refractivity contribution is -0.151. The van der Waals surface area contributed by atoms with Gasteiger partial charge in [-0.1, -0.05) is 0 Å². The standard InChI is InChI=1S/C13H24N2O3/c1-12(2,3)15-8-13(4,5)14-9(11(15)17)7-10(16)18-6/h9,14H,7-8H2,1-6H3. The van der Waals surface area contributed by atoms with E-state index in [0.717, 1.165) is 0 Å². The molecule has 0 radical (unpaired) electrons. The van der Waals surface area contributed by atoms with Crippen LogP contribution in [-0.2, 0) is 14.3 Å². The van der Waals surface area contributed by atoms with Crippen LogP contribution in [0.3, 0.4) is 0 Å². The fourth-order valence-corrected chi connectivity index (χ4v) is 2.20. The second-order valence-corrected chi connectivity index (χ2v) is 6.46. The number of esters is 1. The molecule has 1 rings (SSSR count). The molecule has 0 aromatic carbocycles. The van der Waals surface area contributed by atoms with E-state index in [1.54, 1.807) is 0 Å². The van der Waals surface area contributed by atoms with Gasteiger partial charge in [-0.3, -0.25) is 14.9 Å². The van der Waals surface area contributed by atoms with Gasteiger partial charge in [0.1, 0.15) is 0 Å². The number of nitrogens with one attached hydrogen (secondary N) is 1.